The summed E-state index contributed by atoms with van der Waals surface area (Å²) in [5.41, 5.74) is 0.647. The minimum Gasteiger partial charge on any atom is -0.481 e. The summed E-state index contributed by atoms with van der Waals surface area (Å²) in [5.74, 6) is -0.737. The van der Waals surface area contributed by atoms with Crippen LogP contribution in [0.4, 0.5) is 0 Å². The molecule has 3 rings (SSSR count). The molecule has 6 nitrogen and oxygen atoms in total. The molecule has 0 radical (unpaired) electrons. The van der Waals surface area contributed by atoms with E-state index in [1.165, 1.54) is 18.3 Å². The van der Waals surface area contributed by atoms with Gasteiger partial charge in [0.2, 0.25) is 10.0 Å². The van der Waals surface area contributed by atoms with Crippen LogP contribution in [0.15, 0.2) is 23.2 Å². The molecule has 2 aliphatic carbocycles. The van der Waals surface area contributed by atoms with Crippen LogP contribution in [0.1, 0.15) is 18.5 Å². The third-order valence-corrected chi connectivity index (χ3v) is 5.52. The summed E-state index contributed by atoms with van der Waals surface area (Å²) in [7, 11) is -3.53. The molecule has 0 spiro atoms. The van der Waals surface area contributed by atoms with E-state index in [1.54, 1.807) is 6.92 Å². The van der Waals surface area contributed by atoms with E-state index >= 15 is 0 Å². The van der Waals surface area contributed by atoms with Crippen molar-refractivity contribution >= 4 is 16.0 Å². The van der Waals surface area contributed by atoms with E-state index in [2.05, 4.69) is 9.71 Å². The van der Waals surface area contributed by atoms with Gasteiger partial charge in [-0.1, -0.05) is 0 Å². The Morgan fingerprint density at radius 3 is 2.75 bits per heavy atom. The summed E-state index contributed by atoms with van der Waals surface area (Å²) in [6.07, 6.45) is 2.87. The lowest BCUT2D eigenvalue weighted by atomic mass is 10.2. The molecular formula is C13H16N2O4S. The predicted octanol–water partition coefficient (Wildman–Crippen LogP) is 0.778. The molecule has 2 fully saturated rings. The van der Waals surface area contributed by atoms with Crippen LogP contribution in [-0.2, 0) is 14.8 Å². The highest BCUT2D eigenvalue weighted by molar-refractivity contribution is 7.89. The van der Waals surface area contributed by atoms with Gasteiger partial charge in [0, 0.05) is 17.9 Å². The second-order valence-electron chi connectivity index (χ2n) is 5.60. The summed E-state index contributed by atoms with van der Waals surface area (Å²) >= 11 is 0. The second kappa shape index (κ2) is 4.53. The lowest BCUT2D eigenvalue weighted by Crippen LogP contribution is -2.27. The molecule has 1 aromatic rings. The predicted molar refractivity (Wildman–Crippen MR) is 70.4 cm³/mol. The van der Waals surface area contributed by atoms with E-state index in [-0.39, 0.29) is 28.7 Å². The first kappa shape index (κ1) is 13.5. The molecule has 0 aromatic carbocycles. The van der Waals surface area contributed by atoms with Gasteiger partial charge in [-0.2, -0.15) is 0 Å². The molecule has 7 heteroatoms. The van der Waals surface area contributed by atoms with Crippen LogP contribution in [0.25, 0.3) is 0 Å². The minimum atomic E-state index is -3.53. The fraction of sp³-hybridized carbons (Fsp3) is 0.538. The van der Waals surface area contributed by atoms with Gasteiger partial charge in [-0.15, -0.1) is 0 Å². The number of carbonyl (C=O) groups is 1. The van der Waals surface area contributed by atoms with E-state index in [9.17, 15) is 13.2 Å². The van der Waals surface area contributed by atoms with Crippen molar-refractivity contribution in [2.45, 2.75) is 30.7 Å². The first-order valence-electron chi connectivity index (χ1n) is 6.56. The summed E-state index contributed by atoms with van der Waals surface area (Å²) < 4.78 is 27.0. The molecule has 0 unspecified atom stereocenters. The van der Waals surface area contributed by atoms with Gasteiger partial charge in [0.25, 0.3) is 0 Å². The molecule has 0 bridgehead atoms. The number of carboxylic acid groups (broad SMARTS) is 1. The Morgan fingerprint density at radius 1 is 1.40 bits per heavy atom. The zero-order valence-corrected chi connectivity index (χ0v) is 11.8. The first-order valence-corrected chi connectivity index (χ1v) is 8.04. The summed E-state index contributed by atoms with van der Waals surface area (Å²) in [6, 6.07) is 2.86. The highest BCUT2D eigenvalue weighted by Gasteiger charge is 2.57. The van der Waals surface area contributed by atoms with E-state index in [1.807, 2.05) is 0 Å². The number of nitrogens with zero attached hydrogens (tertiary/aromatic N) is 1. The third kappa shape index (κ3) is 2.55. The van der Waals surface area contributed by atoms with E-state index in [0.29, 0.717) is 12.1 Å². The Kier molecular flexibility index (Phi) is 3.06. The molecule has 20 heavy (non-hydrogen) atoms. The number of hydrogen-bond donors (Lipinski definition) is 2. The standard InChI is InChI=1S/C13H16N2O4S/c1-7-4-8(2-3-14-7)20(18,19)15-12-6-10(12)9-5-11(9)13(16)17/h2-4,9-12,15H,5-6H2,1H3,(H,16,17)/t9-,10+,11-,12+/m0/s1. The van der Waals surface area contributed by atoms with Gasteiger partial charge in [0.1, 0.15) is 0 Å². The third-order valence-electron chi connectivity index (χ3n) is 4.03. The van der Waals surface area contributed by atoms with Crippen molar-refractivity contribution in [2.24, 2.45) is 17.8 Å². The van der Waals surface area contributed by atoms with Gasteiger partial charge in [0.15, 0.2) is 0 Å². The molecule has 2 saturated carbocycles. The van der Waals surface area contributed by atoms with Gasteiger partial charge < -0.3 is 5.11 Å². The average Bonchev–Trinajstić information content (AvgIpc) is 3.20. The number of nitrogens with one attached hydrogen (secondary N) is 1. The molecular weight excluding hydrogens is 280 g/mol. The Labute approximate surface area is 117 Å². The highest BCUT2D eigenvalue weighted by atomic mass is 32.2. The first-order chi connectivity index (χ1) is 9.38. The molecule has 2 N–H and O–H groups in total. The molecule has 1 aromatic heterocycles. The van der Waals surface area contributed by atoms with Gasteiger partial charge in [-0.25, -0.2) is 13.1 Å². The topological polar surface area (TPSA) is 96.4 Å². The van der Waals surface area contributed by atoms with Crippen LogP contribution in [-0.4, -0.2) is 30.5 Å². The lowest BCUT2D eigenvalue weighted by molar-refractivity contribution is -0.138. The summed E-state index contributed by atoms with van der Waals surface area (Å²) in [6.45, 7) is 1.74. The number of rotatable bonds is 5. The van der Waals surface area contributed by atoms with E-state index in [0.717, 1.165) is 6.42 Å². The fourth-order valence-corrected chi connectivity index (χ4v) is 4.12. The maximum absolute atomic E-state index is 12.2. The molecule has 1 heterocycles. The lowest BCUT2D eigenvalue weighted by Gasteiger charge is -2.06. The van der Waals surface area contributed by atoms with Gasteiger partial charge >= 0.3 is 5.97 Å². The number of pyridine rings is 1. The maximum Gasteiger partial charge on any atom is 0.306 e. The Balaban J connectivity index is 1.63. The van der Waals surface area contributed by atoms with Crippen molar-refractivity contribution < 1.29 is 18.3 Å². The summed E-state index contributed by atoms with van der Waals surface area (Å²) in [4.78, 5) is 15.0. The number of aromatic nitrogens is 1. The molecule has 108 valence electrons. The number of sulfonamides is 1. The van der Waals surface area contributed by atoms with Crippen LogP contribution in [0.2, 0.25) is 0 Å². The van der Waals surface area contributed by atoms with Crippen LogP contribution in [0, 0.1) is 24.7 Å². The van der Waals surface area contributed by atoms with Crippen molar-refractivity contribution in [3.05, 3.63) is 24.0 Å². The van der Waals surface area contributed by atoms with Gasteiger partial charge in [-0.05, 0) is 43.7 Å². The van der Waals surface area contributed by atoms with E-state index in [4.69, 9.17) is 5.11 Å². The number of aryl methyl sites for hydroxylation is 1. The molecule has 0 saturated heterocycles. The SMILES string of the molecule is Cc1cc(S(=O)(=O)N[C@@H]2C[C@@H]2[C@@H]2C[C@@H]2C(=O)O)ccn1. The van der Waals surface area contributed by atoms with Gasteiger partial charge in [0.05, 0.1) is 10.8 Å². The summed E-state index contributed by atoms with van der Waals surface area (Å²) in [5, 5.41) is 8.88. The van der Waals surface area contributed by atoms with Crippen molar-refractivity contribution in [3.8, 4) is 0 Å². The normalized spacial score (nSPS) is 31.9. The molecule has 4 atom stereocenters. The minimum absolute atomic E-state index is 0.122. The Bertz CT molecular complexity index is 658. The van der Waals surface area contributed by atoms with Crippen LogP contribution >= 0.6 is 0 Å². The Hall–Kier alpha value is -1.47. The zero-order valence-electron chi connectivity index (χ0n) is 11.0. The van der Waals surface area contributed by atoms with Crippen molar-refractivity contribution in [1.82, 2.24) is 9.71 Å². The maximum atomic E-state index is 12.2. The molecule has 0 aliphatic heterocycles. The van der Waals surface area contributed by atoms with Crippen molar-refractivity contribution in [1.29, 1.82) is 0 Å². The van der Waals surface area contributed by atoms with Crippen molar-refractivity contribution in [3.63, 3.8) is 0 Å². The second-order valence-corrected chi connectivity index (χ2v) is 7.32. The quantitative estimate of drug-likeness (QED) is 0.837. The Morgan fingerprint density at radius 2 is 2.15 bits per heavy atom. The number of carboxylic acids is 1. The number of aliphatic carboxylic acids is 1. The van der Waals surface area contributed by atoms with Crippen LogP contribution in [0.3, 0.4) is 0 Å². The largest absolute Gasteiger partial charge is 0.481 e. The smallest absolute Gasteiger partial charge is 0.306 e. The highest BCUT2D eigenvalue weighted by Crippen LogP contribution is 2.54. The fourth-order valence-electron chi connectivity index (χ4n) is 2.75. The van der Waals surface area contributed by atoms with Gasteiger partial charge in [-0.3, -0.25) is 9.78 Å². The van der Waals surface area contributed by atoms with Crippen LogP contribution < -0.4 is 4.72 Å². The van der Waals surface area contributed by atoms with Crippen molar-refractivity contribution in [2.75, 3.05) is 0 Å². The average molecular weight is 296 g/mol. The molecule has 0 amide bonds. The van der Waals surface area contributed by atoms with Crippen LogP contribution in [0.5, 0.6) is 0 Å². The molecule has 2 aliphatic rings. The number of hydrogen-bond acceptors (Lipinski definition) is 4. The monoisotopic (exact) mass is 296 g/mol. The zero-order chi connectivity index (χ0) is 14.5. The van der Waals surface area contributed by atoms with E-state index < -0.39 is 16.0 Å².